The zero-order chi connectivity index (χ0) is 13.3. The molecular weight excluding hydrogens is 248 g/mol. The fourth-order valence-corrected chi connectivity index (χ4v) is 2.25. The van der Waals surface area contributed by atoms with Crippen LogP contribution in [-0.4, -0.2) is 23.4 Å². The molecule has 1 atom stereocenters. The molecule has 4 heteroatoms. The van der Waals surface area contributed by atoms with Crippen molar-refractivity contribution in [3.63, 3.8) is 0 Å². The number of hydrogen-bond donors (Lipinski definition) is 2. The van der Waals surface area contributed by atoms with Crippen LogP contribution >= 0.6 is 11.6 Å². The summed E-state index contributed by atoms with van der Waals surface area (Å²) in [7, 11) is 1.81. The molecule has 1 aromatic carbocycles. The summed E-state index contributed by atoms with van der Waals surface area (Å²) in [4.78, 5) is 14.9. The smallest absolute Gasteiger partial charge is 0.149 e. The minimum absolute atomic E-state index is 0.133. The molecule has 1 aromatic heterocycles. The second kappa shape index (κ2) is 4.75. The molecule has 0 aliphatic carbocycles. The number of carbonyl (C=O) groups is 1. The molecule has 0 radical (unpaired) electrons. The molecule has 2 aromatic rings. The third kappa shape index (κ3) is 2.28. The highest BCUT2D eigenvalue weighted by Gasteiger charge is 2.28. The van der Waals surface area contributed by atoms with E-state index >= 15 is 0 Å². The van der Waals surface area contributed by atoms with Crippen LogP contribution in [-0.2, 0) is 11.2 Å². The monoisotopic (exact) mass is 264 g/mol. The van der Waals surface area contributed by atoms with E-state index in [1.54, 1.807) is 6.92 Å². The van der Waals surface area contributed by atoms with Crippen molar-refractivity contribution < 1.29 is 4.79 Å². The maximum absolute atomic E-state index is 11.7. The van der Waals surface area contributed by atoms with Crippen molar-refractivity contribution in [2.24, 2.45) is 0 Å². The number of nitrogens with one attached hydrogen (secondary N) is 2. The predicted octanol–water partition coefficient (Wildman–Crippen LogP) is 2.93. The van der Waals surface area contributed by atoms with Gasteiger partial charge in [-0.05, 0) is 45.0 Å². The van der Waals surface area contributed by atoms with Gasteiger partial charge in [-0.2, -0.15) is 0 Å². The van der Waals surface area contributed by atoms with Crippen molar-refractivity contribution in [3.05, 3.63) is 35.0 Å². The van der Waals surface area contributed by atoms with Crippen molar-refractivity contribution in [3.8, 4) is 0 Å². The SMILES string of the molecule is CNC(C)(Cc1c[nH]c2cc(Cl)ccc12)C(C)=O. The number of Topliss-reactive ketones (excluding diaryl/α,β-unsaturated/α-hetero) is 1. The van der Waals surface area contributed by atoms with Crippen LogP contribution < -0.4 is 5.32 Å². The average molecular weight is 265 g/mol. The first-order chi connectivity index (χ1) is 8.46. The lowest BCUT2D eigenvalue weighted by atomic mass is 9.89. The largest absolute Gasteiger partial charge is 0.361 e. The Hall–Kier alpha value is -1.32. The number of ketones is 1. The number of benzene rings is 1. The molecule has 18 heavy (non-hydrogen) atoms. The molecule has 0 saturated carbocycles. The Morgan fingerprint density at radius 3 is 2.83 bits per heavy atom. The van der Waals surface area contributed by atoms with Crippen molar-refractivity contribution in [1.29, 1.82) is 0 Å². The van der Waals surface area contributed by atoms with Gasteiger partial charge in [0.1, 0.15) is 5.78 Å². The van der Waals surface area contributed by atoms with Crippen molar-refractivity contribution >= 4 is 28.3 Å². The number of carbonyl (C=O) groups excluding carboxylic acids is 1. The molecule has 1 unspecified atom stereocenters. The van der Waals surface area contributed by atoms with Gasteiger partial charge in [-0.25, -0.2) is 0 Å². The second-order valence-electron chi connectivity index (χ2n) is 4.82. The van der Waals surface area contributed by atoms with E-state index in [9.17, 15) is 4.79 Å². The third-order valence-electron chi connectivity index (χ3n) is 3.60. The van der Waals surface area contributed by atoms with E-state index in [4.69, 9.17) is 11.6 Å². The standard InChI is InChI=1S/C14H17ClN2O/c1-9(18)14(2,16-3)7-10-8-17-13-6-11(15)4-5-12(10)13/h4-6,8,16-17H,7H2,1-3H3. The average Bonchev–Trinajstić information content (AvgIpc) is 2.71. The number of fused-ring (bicyclic) bond motifs is 1. The summed E-state index contributed by atoms with van der Waals surface area (Å²) in [6.07, 6.45) is 2.60. The molecule has 3 nitrogen and oxygen atoms in total. The molecule has 0 amide bonds. The van der Waals surface area contributed by atoms with E-state index in [0.717, 1.165) is 16.5 Å². The molecular formula is C14H17ClN2O. The molecule has 0 aliphatic heterocycles. The Morgan fingerprint density at radius 2 is 2.22 bits per heavy atom. The number of hydrogen-bond acceptors (Lipinski definition) is 2. The molecule has 0 aliphatic rings. The summed E-state index contributed by atoms with van der Waals surface area (Å²) in [5.74, 6) is 0.133. The molecule has 0 saturated heterocycles. The Balaban J connectivity index is 2.40. The van der Waals surface area contributed by atoms with Crippen LogP contribution in [0.25, 0.3) is 10.9 Å². The maximum atomic E-state index is 11.7. The van der Waals surface area contributed by atoms with Crippen LogP contribution in [0.15, 0.2) is 24.4 Å². The van der Waals surface area contributed by atoms with Crippen LogP contribution in [0.4, 0.5) is 0 Å². The highest BCUT2D eigenvalue weighted by Crippen LogP contribution is 2.25. The van der Waals surface area contributed by atoms with Crippen LogP contribution in [0.2, 0.25) is 5.02 Å². The summed E-state index contributed by atoms with van der Waals surface area (Å²) in [6.45, 7) is 3.53. The van der Waals surface area contributed by atoms with Gasteiger partial charge in [0.15, 0.2) is 0 Å². The summed E-state index contributed by atoms with van der Waals surface area (Å²) >= 11 is 5.95. The second-order valence-corrected chi connectivity index (χ2v) is 5.26. The lowest BCUT2D eigenvalue weighted by molar-refractivity contribution is -0.122. The normalized spacial score (nSPS) is 14.7. The molecule has 0 bridgehead atoms. The number of rotatable bonds is 4. The molecule has 96 valence electrons. The minimum Gasteiger partial charge on any atom is -0.361 e. The number of aromatic nitrogens is 1. The maximum Gasteiger partial charge on any atom is 0.149 e. The first-order valence-corrected chi connectivity index (χ1v) is 6.29. The highest BCUT2D eigenvalue weighted by atomic mass is 35.5. The zero-order valence-electron chi connectivity index (χ0n) is 10.8. The van der Waals surface area contributed by atoms with Crippen LogP contribution in [0.3, 0.4) is 0 Å². The molecule has 2 rings (SSSR count). The van der Waals surface area contributed by atoms with Gasteiger partial charge in [0.25, 0.3) is 0 Å². The highest BCUT2D eigenvalue weighted by molar-refractivity contribution is 6.31. The number of likely N-dealkylation sites (N-methyl/N-ethyl adjacent to an activating group) is 1. The Bertz CT molecular complexity index is 590. The van der Waals surface area contributed by atoms with E-state index in [1.165, 1.54) is 0 Å². The Labute approximate surface area is 112 Å². The van der Waals surface area contributed by atoms with E-state index < -0.39 is 5.54 Å². The van der Waals surface area contributed by atoms with Crippen molar-refractivity contribution in [2.75, 3.05) is 7.05 Å². The van der Waals surface area contributed by atoms with E-state index in [2.05, 4.69) is 10.3 Å². The molecule has 1 heterocycles. The summed E-state index contributed by atoms with van der Waals surface area (Å²) < 4.78 is 0. The van der Waals surface area contributed by atoms with E-state index in [-0.39, 0.29) is 5.78 Å². The van der Waals surface area contributed by atoms with Crippen molar-refractivity contribution in [2.45, 2.75) is 25.8 Å². The quantitative estimate of drug-likeness (QED) is 0.892. The third-order valence-corrected chi connectivity index (χ3v) is 3.84. The van der Waals surface area contributed by atoms with Gasteiger partial charge >= 0.3 is 0 Å². The van der Waals surface area contributed by atoms with Crippen molar-refractivity contribution in [1.82, 2.24) is 10.3 Å². The van der Waals surface area contributed by atoms with Gasteiger partial charge in [0.05, 0.1) is 5.54 Å². The minimum atomic E-state index is -0.533. The van der Waals surface area contributed by atoms with Gasteiger partial charge < -0.3 is 10.3 Å². The van der Waals surface area contributed by atoms with E-state index in [1.807, 2.05) is 38.4 Å². The predicted molar refractivity (Wildman–Crippen MR) is 75.2 cm³/mol. The van der Waals surface area contributed by atoms with Gasteiger partial charge in [0, 0.05) is 22.1 Å². The Kier molecular flexibility index (Phi) is 3.46. The molecule has 0 fully saturated rings. The summed E-state index contributed by atoms with van der Waals surface area (Å²) in [5, 5.41) is 4.92. The van der Waals surface area contributed by atoms with Gasteiger partial charge in [-0.1, -0.05) is 17.7 Å². The lowest BCUT2D eigenvalue weighted by Gasteiger charge is -2.25. The fraction of sp³-hybridized carbons (Fsp3) is 0.357. The molecule has 0 spiro atoms. The number of halogens is 1. The lowest BCUT2D eigenvalue weighted by Crippen LogP contribution is -2.48. The number of aromatic amines is 1. The van der Waals surface area contributed by atoms with Gasteiger partial charge in [-0.15, -0.1) is 0 Å². The fourth-order valence-electron chi connectivity index (χ4n) is 2.07. The van der Waals surface area contributed by atoms with Crippen LogP contribution in [0, 0.1) is 0 Å². The first-order valence-electron chi connectivity index (χ1n) is 5.92. The van der Waals surface area contributed by atoms with Crippen LogP contribution in [0.1, 0.15) is 19.4 Å². The first kappa shape index (κ1) is 13.1. The summed E-state index contributed by atoms with van der Waals surface area (Å²) in [5.41, 5.74) is 1.59. The van der Waals surface area contributed by atoms with Crippen LogP contribution in [0.5, 0.6) is 0 Å². The van der Waals surface area contributed by atoms with E-state index in [0.29, 0.717) is 11.4 Å². The van der Waals surface area contributed by atoms with Gasteiger partial charge in [0.2, 0.25) is 0 Å². The topological polar surface area (TPSA) is 44.9 Å². The summed E-state index contributed by atoms with van der Waals surface area (Å²) in [6, 6.07) is 5.75. The number of H-pyrrole nitrogens is 1. The zero-order valence-corrected chi connectivity index (χ0v) is 11.6. The molecule has 2 N–H and O–H groups in total. The van der Waals surface area contributed by atoms with Gasteiger partial charge in [-0.3, -0.25) is 4.79 Å². The Morgan fingerprint density at radius 1 is 1.50 bits per heavy atom.